The number of hydrogen-bond donors (Lipinski definition) is 1. The molecule has 0 bridgehead atoms. The summed E-state index contributed by atoms with van der Waals surface area (Å²) < 4.78 is 1.93. The molecule has 114 valence electrons. The quantitative estimate of drug-likeness (QED) is 0.878. The second-order valence-electron chi connectivity index (χ2n) is 5.96. The number of aliphatic hydroxyl groups excluding tert-OH is 1. The van der Waals surface area contributed by atoms with Crippen LogP contribution in [0.3, 0.4) is 0 Å². The lowest BCUT2D eigenvalue weighted by atomic mass is 10.0. The smallest absolute Gasteiger partial charge is 0.131 e. The molecule has 20 heavy (non-hydrogen) atoms. The Balaban J connectivity index is 2.01. The van der Waals surface area contributed by atoms with Gasteiger partial charge >= 0.3 is 0 Å². The van der Waals surface area contributed by atoms with Gasteiger partial charge in [-0.05, 0) is 39.2 Å². The molecule has 0 aromatic carbocycles. The summed E-state index contributed by atoms with van der Waals surface area (Å²) >= 11 is 6.47. The van der Waals surface area contributed by atoms with Crippen LogP contribution >= 0.6 is 11.6 Å². The van der Waals surface area contributed by atoms with Gasteiger partial charge in [-0.3, -0.25) is 9.58 Å². The van der Waals surface area contributed by atoms with Gasteiger partial charge in [0.2, 0.25) is 0 Å². The molecular formula is C15H26ClN3O. The van der Waals surface area contributed by atoms with Crippen molar-refractivity contribution in [1.29, 1.82) is 0 Å². The van der Waals surface area contributed by atoms with Crippen LogP contribution in [0, 0.1) is 12.8 Å². The van der Waals surface area contributed by atoms with E-state index < -0.39 is 0 Å². The summed E-state index contributed by atoms with van der Waals surface area (Å²) in [5.41, 5.74) is 2.18. The van der Waals surface area contributed by atoms with Gasteiger partial charge < -0.3 is 5.11 Å². The Kier molecular flexibility index (Phi) is 5.47. The van der Waals surface area contributed by atoms with Crippen LogP contribution in [0.25, 0.3) is 0 Å². The average Bonchev–Trinajstić information content (AvgIpc) is 2.97. The molecule has 0 spiro atoms. The van der Waals surface area contributed by atoms with E-state index in [-0.39, 0.29) is 6.10 Å². The lowest BCUT2D eigenvalue weighted by molar-refractivity contribution is 0.127. The van der Waals surface area contributed by atoms with Gasteiger partial charge in [0.1, 0.15) is 5.15 Å². The van der Waals surface area contributed by atoms with E-state index in [1.54, 1.807) is 0 Å². The van der Waals surface area contributed by atoms with Crippen molar-refractivity contribution in [1.82, 2.24) is 14.7 Å². The number of hydrogen-bond acceptors (Lipinski definition) is 3. The second-order valence-corrected chi connectivity index (χ2v) is 6.31. The number of nitrogens with zero attached hydrogens (tertiary/aromatic N) is 3. The lowest BCUT2D eigenvalue weighted by Gasteiger charge is -2.17. The molecule has 2 atom stereocenters. The largest absolute Gasteiger partial charge is 0.393 e. The lowest BCUT2D eigenvalue weighted by Crippen LogP contribution is -2.24. The Labute approximate surface area is 126 Å². The number of aryl methyl sites for hydroxylation is 2. The van der Waals surface area contributed by atoms with Crippen molar-refractivity contribution in [2.45, 2.75) is 59.2 Å². The van der Waals surface area contributed by atoms with Crippen molar-refractivity contribution in [3.8, 4) is 0 Å². The first-order valence-corrected chi connectivity index (χ1v) is 8.03. The summed E-state index contributed by atoms with van der Waals surface area (Å²) in [4.78, 5) is 2.37. The Morgan fingerprint density at radius 3 is 2.85 bits per heavy atom. The van der Waals surface area contributed by atoms with Gasteiger partial charge in [0, 0.05) is 25.2 Å². The van der Waals surface area contributed by atoms with Gasteiger partial charge in [0.25, 0.3) is 0 Å². The second kappa shape index (κ2) is 6.92. The molecule has 1 N–H and O–H groups in total. The standard InChI is InChI=1S/C15H26ClN3O/c1-4-5-7-19-15(16)14(11(2)17-19)10-18-8-6-13(9-18)12(3)20/h12-13,20H,4-10H2,1-3H3. The maximum atomic E-state index is 9.68. The highest BCUT2D eigenvalue weighted by Crippen LogP contribution is 2.26. The van der Waals surface area contributed by atoms with Crippen LogP contribution in [0.4, 0.5) is 0 Å². The fourth-order valence-corrected chi connectivity index (χ4v) is 3.17. The molecule has 2 unspecified atom stereocenters. The zero-order valence-electron chi connectivity index (χ0n) is 12.8. The molecule has 2 heterocycles. The van der Waals surface area contributed by atoms with Crippen LogP contribution < -0.4 is 0 Å². The van der Waals surface area contributed by atoms with E-state index in [1.807, 2.05) is 18.5 Å². The number of aromatic nitrogens is 2. The van der Waals surface area contributed by atoms with Crippen molar-refractivity contribution in [2.75, 3.05) is 13.1 Å². The minimum atomic E-state index is -0.219. The minimum Gasteiger partial charge on any atom is -0.393 e. The van der Waals surface area contributed by atoms with Gasteiger partial charge in [-0.15, -0.1) is 0 Å². The van der Waals surface area contributed by atoms with Crippen molar-refractivity contribution in [3.05, 3.63) is 16.4 Å². The summed E-state index contributed by atoms with van der Waals surface area (Å²) in [6.45, 7) is 9.82. The molecular weight excluding hydrogens is 274 g/mol. The first-order valence-electron chi connectivity index (χ1n) is 7.65. The third kappa shape index (κ3) is 3.54. The predicted molar refractivity (Wildman–Crippen MR) is 81.9 cm³/mol. The number of unbranched alkanes of at least 4 members (excludes halogenated alkanes) is 1. The molecule has 0 aliphatic carbocycles. The average molecular weight is 300 g/mol. The predicted octanol–water partition coefficient (Wildman–Crippen LogP) is 2.85. The maximum absolute atomic E-state index is 9.68. The molecule has 4 nitrogen and oxygen atoms in total. The van der Waals surface area contributed by atoms with E-state index in [9.17, 15) is 5.11 Å². The van der Waals surface area contributed by atoms with E-state index in [0.29, 0.717) is 5.92 Å². The van der Waals surface area contributed by atoms with Crippen LogP contribution in [0.1, 0.15) is 44.4 Å². The topological polar surface area (TPSA) is 41.3 Å². The van der Waals surface area contributed by atoms with Crippen LogP contribution in [0.5, 0.6) is 0 Å². The summed E-state index contributed by atoms with van der Waals surface area (Å²) in [7, 11) is 0. The number of rotatable bonds is 6. The zero-order valence-corrected chi connectivity index (χ0v) is 13.5. The molecule has 1 aromatic heterocycles. The van der Waals surface area contributed by atoms with Crippen LogP contribution in [-0.4, -0.2) is 39.0 Å². The highest BCUT2D eigenvalue weighted by molar-refractivity contribution is 6.30. The first-order chi connectivity index (χ1) is 9.52. The molecule has 0 amide bonds. The Hall–Kier alpha value is -0.580. The summed E-state index contributed by atoms with van der Waals surface area (Å²) in [6.07, 6.45) is 3.10. The van der Waals surface area contributed by atoms with Crippen LogP contribution in [0.15, 0.2) is 0 Å². The molecule has 1 aromatic rings. The Morgan fingerprint density at radius 1 is 1.50 bits per heavy atom. The highest BCUT2D eigenvalue weighted by atomic mass is 35.5. The SMILES string of the molecule is CCCCn1nc(C)c(CN2CCC(C(C)O)C2)c1Cl. The molecule has 2 rings (SSSR count). The summed E-state index contributed by atoms with van der Waals surface area (Å²) in [5.74, 6) is 0.393. The van der Waals surface area contributed by atoms with Gasteiger partial charge in [0.15, 0.2) is 0 Å². The van der Waals surface area contributed by atoms with Crippen molar-refractivity contribution in [2.24, 2.45) is 5.92 Å². The molecule has 1 aliphatic heterocycles. The van der Waals surface area contributed by atoms with Crippen molar-refractivity contribution in [3.63, 3.8) is 0 Å². The summed E-state index contributed by atoms with van der Waals surface area (Å²) in [5, 5.41) is 15.0. The molecule has 1 saturated heterocycles. The summed E-state index contributed by atoms with van der Waals surface area (Å²) in [6, 6.07) is 0. The fourth-order valence-electron chi connectivity index (χ4n) is 2.85. The minimum absolute atomic E-state index is 0.219. The number of halogens is 1. The molecule has 0 radical (unpaired) electrons. The first kappa shape index (κ1) is 15.8. The highest BCUT2D eigenvalue weighted by Gasteiger charge is 2.27. The number of aliphatic hydroxyl groups is 1. The molecule has 1 aliphatic rings. The third-order valence-corrected chi connectivity index (χ3v) is 4.70. The van der Waals surface area contributed by atoms with Crippen molar-refractivity contribution >= 4 is 11.6 Å². The van der Waals surface area contributed by atoms with Gasteiger partial charge in [-0.1, -0.05) is 24.9 Å². The van der Waals surface area contributed by atoms with Gasteiger partial charge in [-0.25, -0.2) is 0 Å². The Morgan fingerprint density at radius 2 is 2.25 bits per heavy atom. The van der Waals surface area contributed by atoms with Gasteiger partial charge in [-0.2, -0.15) is 5.10 Å². The van der Waals surface area contributed by atoms with E-state index in [0.717, 1.165) is 61.9 Å². The molecule has 1 fully saturated rings. The zero-order chi connectivity index (χ0) is 14.7. The van der Waals surface area contributed by atoms with E-state index >= 15 is 0 Å². The molecule has 5 heteroatoms. The van der Waals surface area contributed by atoms with Crippen LogP contribution in [0.2, 0.25) is 5.15 Å². The number of likely N-dealkylation sites (tertiary alicyclic amines) is 1. The normalized spacial score (nSPS) is 21.6. The van der Waals surface area contributed by atoms with Gasteiger partial charge in [0.05, 0.1) is 11.8 Å². The van der Waals surface area contributed by atoms with Crippen molar-refractivity contribution < 1.29 is 5.11 Å². The van der Waals surface area contributed by atoms with Crippen LogP contribution in [-0.2, 0) is 13.1 Å². The van der Waals surface area contributed by atoms with E-state index in [2.05, 4.69) is 16.9 Å². The van der Waals surface area contributed by atoms with E-state index in [4.69, 9.17) is 11.6 Å². The Bertz CT molecular complexity index is 445. The van der Waals surface area contributed by atoms with E-state index in [1.165, 1.54) is 0 Å². The molecule has 0 saturated carbocycles. The maximum Gasteiger partial charge on any atom is 0.131 e. The monoisotopic (exact) mass is 299 g/mol. The fraction of sp³-hybridized carbons (Fsp3) is 0.800. The third-order valence-electron chi connectivity index (χ3n) is 4.28.